The fraction of sp³-hybridized carbons (Fsp3) is 0.600. The molecule has 29 heavy (non-hydrogen) atoms. The summed E-state index contributed by atoms with van der Waals surface area (Å²) in [5.74, 6) is 1.17. The minimum Gasteiger partial charge on any atom is -0.459 e. The summed E-state index contributed by atoms with van der Waals surface area (Å²) < 4.78 is 41.7. The molecule has 0 amide bonds. The highest BCUT2D eigenvalue weighted by atomic mass is 32.2. The van der Waals surface area contributed by atoms with E-state index < -0.39 is 28.3 Å². The number of methoxy groups -OCH3 is 1. The topological polar surface area (TPSA) is 106 Å². The fourth-order valence-electron chi connectivity index (χ4n) is 4.25. The number of aliphatic hydroxyl groups excluding tert-OH is 1. The number of ether oxygens (including phenoxy) is 1. The van der Waals surface area contributed by atoms with Crippen LogP contribution in [0.3, 0.4) is 0 Å². The number of hydrogen-bond acceptors (Lipinski definition) is 7. The van der Waals surface area contributed by atoms with Crippen LogP contribution in [-0.2, 0) is 25.8 Å². The van der Waals surface area contributed by atoms with E-state index in [1.807, 2.05) is 12.1 Å². The summed E-state index contributed by atoms with van der Waals surface area (Å²) >= 11 is 0. The molecule has 2 aliphatic heterocycles. The molecule has 0 bridgehead atoms. The second kappa shape index (κ2) is 9.62. The van der Waals surface area contributed by atoms with Gasteiger partial charge in [-0.25, -0.2) is 8.42 Å². The number of allylic oxidation sites excluding steroid dienone is 1. The molecule has 9 heteroatoms. The molecule has 160 valence electrons. The van der Waals surface area contributed by atoms with Crippen molar-refractivity contribution < 1.29 is 32.4 Å². The van der Waals surface area contributed by atoms with E-state index in [1.54, 1.807) is 13.2 Å². The molecule has 0 spiro atoms. The molecule has 7 nitrogen and oxygen atoms in total. The van der Waals surface area contributed by atoms with Crippen molar-refractivity contribution in [3.63, 3.8) is 0 Å². The third-order valence-corrected chi connectivity index (χ3v) is 7.51. The zero-order chi connectivity index (χ0) is 21.0. The molecular formula is C20H29BO7S. The molecular weight excluding hydrogens is 395 g/mol. The standard InChI is InChI=1S/C20H29BO7S/c1-3-4-14(9-16-6-7-17(11-22)27-16)5-8-18-20-15(12-26-2)13-29(24,25)19(20)10-21(23)28-18/h6-7,9,18-19,22-23H,3-5,8,10-13H2,1-2H3/b14-9+/t18-,19+/m1/s1. The summed E-state index contributed by atoms with van der Waals surface area (Å²) in [6.45, 7) is 2.21. The summed E-state index contributed by atoms with van der Waals surface area (Å²) in [4.78, 5) is 0. The van der Waals surface area contributed by atoms with Gasteiger partial charge in [0.05, 0.1) is 23.7 Å². The van der Waals surface area contributed by atoms with Gasteiger partial charge in [0.15, 0.2) is 9.84 Å². The number of hydrogen-bond donors (Lipinski definition) is 2. The molecule has 1 aromatic heterocycles. The van der Waals surface area contributed by atoms with Crippen LogP contribution in [0.1, 0.15) is 44.1 Å². The first kappa shape index (κ1) is 22.3. The zero-order valence-electron chi connectivity index (χ0n) is 17.0. The van der Waals surface area contributed by atoms with Crippen molar-refractivity contribution in [2.45, 2.75) is 56.9 Å². The van der Waals surface area contributed by atoms with E-state index in [9.17, 15) is 13.4 Å². The number of furan rings is 1. The van der Waals surface area contributed by atoms with Crippen molar-refractivity contribution in [2.24, 2.45) is 0 Å². The van der Waals surface area contributed by atoms with Gasteiger partial charge in [-0.3, -0.25) is 0 Å². The third-order valence-electron chi connectivity index (χ3n) is 5.45. The molecule has 1 fully saturated rings. The van der Waals surface area contributed by atoms with Crippen LogP contribution in [0.5, 0.6) is 0 Å². The van der Waals surface area contributed by atoms with E-state index in [-0.39, 0.29) is 25.3 Å². The summed E-state index contributed by atoms with van der Waals surface area (Å²) in [5, 5.41) is 18.6. The summed E-state index contributed by atoms with van der Waals surface area (Å²) in [6.07, 6.45) is 4.70. The van der Waals surface area contributed by atoms with Gasteiger partial charge < -0.3 is 23.9 Å². The van der Waals surface area contributed by atoms with Gasteiger partial charge in [-0.15, -0.1) is 0 Å². The zero-order valence-corrected chi connectivity index (χ0v) is 17.8. The lowest BCUT2D eigenvalue weighted by atomic mass is 9.74. The second-order valence-electron chi connectivity index (χ2n) is 7.66. The molecule has 0 unspecified atom stereocenters. The fourth-order valence-corrected chi connectivity index (χ4v) is 6.35. The third kappa shape index (κ3) is 5.21. The van der Waals surface area contributed by atoms with Crippen molar-refractivity contribution in [3.05, 3.63) is 40.4 Å². The Balaban J connectivity index is 1.79. The maximum Gasteiger partial charge on any atom is 0.456 e. The Morgan fingerprint density at radius 1 is 1.38 bits per heavy atom. The Kier molecular flexibility index (Phi) is 7.40. The van der Waals surface area contributed by atoms with Crippen LogP contribution >= 0.6 is 0 Å². The van der Waals surface area contributed by atoms with E-state index in [4.69, 9.17) is 18.9 Å². The quantitative estimate of drug-likeness (QED) is 0.463. The predicted octanol–water partition coefficient (Wildman–Crippen LogP) is 2.35. The van der Waals surface area contributed by atoms with Gasteiger partial charge in [-0.05, 0) is 48.6 Å². The summed E-state index contributed by atoms with van der Waals surface area (Å²) in [5.41, 5.74) is 2.68. The number of fused-ring (bicyclic) bond motifs is 1. The highest BCUT2D eigenvalue weighted by molar-refractivity contribution is 7.92. The molecule has 1 aromatic rings. The summed E-state index contributed by atoms with van der Waals surface area (Å²) in [6, 6.07) is 3.56. The van der Waals surface area contributed by atoms with E-state index >= 15 is 0 Å². The number of sulfone groups is 1. The Labute approximate surface area is 172 Å². The Morgan fingerprint density at radius 3 is 2.83 bits per heavy atom. The summed E-state index contributed by atoms with van der Waals surface area (Å²) in [7, 11) is -2.86. The first-order valence-corrected chi connectivity index (χ1v) is 11.7. The molecule has 0 aromatic carbocycles. The van der Waals surface area contributed by atoms with Crippen LogP contribution in [0.25, 0.3) is 6.08 Å². The van der Waals surface area contributed by atoms with Crippen molar-refractivity contribution in [1.82, 2.24) is 0 Å². The average Bonchev–Trinajstić information content (AvgIpc) is 3.22. The molecule has 1 saturated heterocycles. The first-order valence-electron chi connectivity index (χ1n) is 10.0. The average molecular weight is 424 g/mol. The molecule has 0 radical (unpaired) electrons. The lowest BCUT2D eigenvalue weighted by Crippen LogP contribution is -2.42. The first-order chi connectivity index (χ1) is 13.9. The van der Waals surface area contributed by atoms with Gasteiger partial charge in [0, 0.05) is 13.4 Å². The molecule has 2 N–H and O–H groups in total. The van der Waals surface area contributed by atoms with Crippen LogP contribution in [0.4, 0.5) is 0 Å². The van der Waals surface area contributed by atoms with Gasteiger partial charge in [-0.2, -0.15) is 0 Å². The lowest BCUT2D eigenvalue weighted by Gasteiger charge is -2.32. The molecule has 0 saturated carbocycles. The normalized spacial score (nSPS) is 24.3. The molecule has 3 rings (SSSR count). The maximum absolute atomic E-state index is 12.6. The number of rotatable bonds is 9. The van der Waals surface area contributed by atoms with E-state index in [0.29, 0.717) is 24.4 Å². The number of aliphatic hydroxyl groups is 1. The Hall–Kier alpha value is -1.39. The van der Waals surface area contributed by atoms with Crippen molar-refractivity contribution in [3.8, 4) is 0 Å². The molecule has 0 aliphatic carbocycles. The maximum atomic E-state index is 12.6. The van der Waals surface area contributed by atoms with Crippen molar-refractivity contribution in [1.29, 1.82) is 0 Å². The predicted molar refractivity (Wildman–Crippen MR) is 111 cm³/mol. The Morgan fingerprint density at radius 2 is 2.17 bits per heavy atom. The van der Waals surface area contributed by atoms with Crippen LogP contribution in [0.15, 0.2) is 33.3 Å². The lowest BCUT2D eigenvalue weighted by molar-refractivity contribution is 0.166. The highest BCUT2D eigenvalue weighted by Crippen LogP contribution is 2.39. The minimum atomic E-state index is -3.33. The molecule has 2 aliphatic rings. The minimum absolute atomic E-state index is 0.0264. The van der Waals surface area contributed by atoms with Crippen LogP contribution in [0.2, 0.25) is 6.32 Å². The van der Waals surface area contributed by atoms with Crippen molar-refractivity contribution in [2.75, 3.05) is 19.5 Å². The molecule has 3 heterocycles. The highest BCUT2D eigenvalue weighted by Gasteiger charge is 2.48. The SMILES string of the molecule is CCC/C(=C\c1ccc(CO)o1)CC[C@H]1OB(O)C[C@H]2C1=C(COC)CS2(=O)=O. The molecule has 2 atom stereocenters. The van der Waals surface area contributed by atoms with E-state index in [1.165, 1.54) is 0 Å². The Bertz CT molecular complexity index is 871. The van der Waals surface area contributed by atoms with Gasteiger partial charge in [0.2, 0.25) is 0 Å². The van der Waals surface area contributed by atoms with E-state index in [2.05, 4.69) is 6.92 Å². The van der Waals surface area contributed by atoms with Crippen molar-refractivity contribution >= 4 is 23.0 Å². The smallest absolute Gasteiger partial charge is 0.456 e. The van der Waals surface area contributed by atoms with E-state index in [0.717, 1.165) is 29.6 Å². The van der Waals surface area contributed by atoms with Gasteiger partial charge >= 0.3 is 7.12 Å². The van der Waals surface area contributed by atoms with Gasteiger partial charge in [0.1, 0.15) is 18.1 Å². The second-order valence-corrected chi connectivity index (χ2v) is 9.84. The van der Waals surface area contributed by atoms with Gasteiger partial charge in [-0.1, -0.05) is 18.9 Å². The monoisotopic (exact) mass is 424 g/mol. The van der Waals surface area contributed by atoms with Crippen LogP contribution in [-0.4, -0.2) is 56.5 Å². The van der Waals surface area contributed by atoms with Crippen LogP contribution < -0.4 is 0 Å². The van der Waals surface area contributed by atoms with Gasteiger partial charge in [0.25, 0.3) is 0 Å². The largest absolute Gasteiger partial charge is 0.459 e. The van der Waals surface area contributed by atoms with Crippen LogP contribution in [0, 0.1) is 0 Å².